The van der Waals surface area contributed by atoms with Crippen molar-refractivity contribution in [2.75, 3.05) is 5.32 Å². The fraction of sp³-hybridized carbons (Fsp3) is 0.188. The van der Waals surface area contributed by atoms with E-state index in [4.69, 9.17) is 0 Å². The van der Waals surface area contributed by atoms with E-state index in [1.807, 2.05) is 37.3 Å². The van der Waals surface area contributed by atoms with Crippen molar-refractivity contribution < 1.29 is 9.18 Å². The van der Waals surface area contributed by atoms with E-state index in [1.54, 1.807) is 13.0 Å². The van der Waals surface area contributed by atoms with Crippen molar-refractivity contribution in [3.05, 3.63) is 63.9 Å². The van der Waals surface area contributed by atoms with Crippen LogP contribution < -0.4 is 5.32 Å². The van der Waals surface area contributed by atoms with E-state index >= 15 is 0 Å². The molecule has 1 unspecified atom stereocenters. The standard InChI is InChI=1S/C16H15BrFNO/c1-10-8-14(18)13(17)9-15(10)19-16(20)11(2)12-6-4-3-5-7-12/h3-9,11H,1-2H3,(H,19,20). The normalized spacial score (nSPS) is 12.0. The van der Waals surface area contributed by atoms with Gasteiger partial charge in [-0.1, -0.05) is 30.3 Å². The number of amides is 1. The van der Waals surface area contributed by atoms with Gasteiger partial charge >= 0.3 is 0 Å². The van der Waals surface area contributed by atoms with Crippen molar-refractivity contribution in [3.8, 4) is 0 Å². The number of hydrogen-bond acceptors (Lipinski definition) is 1. The molecule has 0 saturated carbocycles. The molecule has 104 valence electrons. The average Bonchev–Trinajstić information content (AvgIpc) is 2.44. The van der Waals surface area contributed by atoms with Crippen molar-refractivity contribution in [3.63, 3.8) is 0 Å². The van der Waals surface area contributed by atoms with Crippen LogP contribution in [0.2, 0.25) is 0 Å². The number of carbonyl (C=O) groups excluding carboxylic acids is 1. The monoisotopic (exact) mass is 335 g/mol. The summed E-state index contributed by atoms with van der Waals surface area (Å²) in [5.74, 6) is -0.714. The third-order valence-electron chi connectivity index (χ3n) is 3.22. The van der Waals surface area contributed by atoms with Crippen LogP contribution in [-0.4, -0.2) is 5.91 Å². The van der Waals surface area contributed by atoms with Crippen molar-refractivity contribution in [2.45, 2.75) is 19.8 Å². The average molecular weight is 336 g/mol. The molecule has 0 aliphatic heterocycles. The van der Waals surface area contributed by atoms with Crippen LogP contribution in [0.25, 0.3) is 0 Å². The molecule has 0 aromatic heterocycles. The second-order valence-corrected chi connectivity index (χ2v) is 5.56. The summed E-state index contributed by atoms with van der Waals surface area (Å²) in [5, 5.41) is 2.84. The number of anilines is 1. The van der Waals surface area contributed by atoms with Crippen LogP contribution >= 0.6 is 15.9 Å². The largest absolute Gasteiger partial charge is 0.325 e. The molecule has 0 aliphatic rings. The summed E-state index contributed by atoms with van der Waals surface area (Å²) in [6.45, 7) is 3.61. The van der Waals surface area contributed by atoms with E-state index in [1.165, 1.54) is 6.07 Å². The van der Waals surface area contributed by atoms with Crippen molar-refractivity contribution >= 4 is 27.5 Å². The number of aryl methyl sites for hydroxylation is 1. The van der Waals surface area contributed by atoms with Crippen molar-refractivity contribution in [1.29, 1.82) is 0 Å². The second-order valence-electron chi connectivity index (χ2n) is 4.70. The van der Waals surface area contributed by atoms with Crippen LogP contribution in [0.5, 0.6) is 0 Å². The summed E-state index contributed by atoms with van der Waals surface area (Å²) in [4.78, 5) is 12.2. The lowest BCUT2D eigenvalue weighted by atomic mass is 10.0. The maximum atomic E-state index is 13.4. The fourth-order valence-corrected chi connectivity index (χ4v) is 2.26. The number of rotatable bonds is 3. The molecule has 0 heterocycles. The molecule has 0 spiro atoms. The highest BCUT2D eigenvalue weighted by atomic mass is 79.9. The Balaban J connectivity index is 2.18. The van der Waals surface area contributed by atoms with E-state index < -0.39 is 0 Å². The highest BCUT2D eigenvalue weighted by Crippen LogP contribution is 2.25. The van der Waals surface area contributed by atoms with Crippen LogP contribution in [0.4, 0.5) is 10.1 Å². The zero-order chi connectivity index (χ0) is 14.7. The van der Waals surface area contributed by atoms with Gasteiger partial charge in [0.2, 0.25) is 5.91 Å². The highest BCUT2D eigenvalue weighted by molar-refractivity contribution is 9.10. The molecule has 2 aromatic rings. The van der Waals surface area contributed by atoms with Crippen LogP contribution in [0.3, 0.4) is 0 Å². The first-order chi connectivity index (χ1) is 9.49. The number of halogens is 2. The summed E-state index contributed by atoms with van der Waals surface area (Å²) in [5.41, 5.74) is 2.26. The minimum atomic E-state index is -0.336. The number of hydrogen-bond donors (Lipinski definition) is 1. The predicted octanol–water partition coefficient (Wildman–Crippen LogP) is 4.64. The molecular formula is C16H15BrFNO. The third-order valence-corrected chi connectivity index (χ3v) is 3.83. The Morgan fingerprint density at radius 3 is 2.55 bits per heavy atom. The Kier molecular flexibility index (Phi) is 4.55. The Morgan fingerprint density at radius 2 is 1.90 bits per heavy atom. The van der Waals surface area contributed by atoms with Gasteiger partial charge in [-0.3, -0.25) is 4.79 Å². The van der Waals surface area contributed by atoms with Gasteiger partial charge in [-0.05, 0) is 53.0 Å². The molecule has 2 aromatic carbocycles. The molecule has 0 bridgehead atoms. The third kappa shape index (κ3) is 3.25. The van der Waals surface area contributed by atoms with Crippen molar-refractivity contribution in [2.24, 2.45) is 0 Å². The smallest absolute Gasteiger partial charge is 0.231 e. The first kappa shape index (κ1) is 14.7. The van der Waals surface area contributed by atoms with E-state index in [-0.39, 0.29) is 17.6 Å². The molecule has 0 saturated heterocycles. The maximum absolute atomic E-state index is 13.4. The molecule has 2 nitrogen and oxygen atoms in total. The summed E-state index contributed by atoms with van der Waals surface area (Å²) < 4.78 is 13.7. The summed E-state index contributed by atoms with van der Waals surface area (Å²) in [7, 11) is 0. The Morgan fingerprint density at radius 1 is 1.25 bits per heavy atom. The molecule has 1 atom stereocenters. The zero-order valence-electron chi connectivity index (χ0n) is 11.3. The van der Waals surface area contributed by atoms with Gasteiger partial charge in [0.25, 0.3) is 0 Å². The summed E-state index contributed by atoms with van der Waals surface area (Å²) in [6.07, 6.45) is 0. The van der Waals surface area contributed by atoms with Gasteiger partial charge in [-0.2, -0.15) is 0 Å². The minimum absolute atomic E-state index is 0.113. The summed E-state index contributed by atoms with van der Waals surface area (Å²) in [6, 6.07) is 12.5. The Labute approximate surface area is 126 Å². The van der Waals surface area contributed by atoms with Crippen molar-refractivity contribution in [1.82, 2.24) is 0 Å². The number of benzene rings is 2. The van der Waals surface area contributed by atoms with Crippen LogP contribution in [0.15, 0.2) is 46.9 Å². The van der Waals surface area contributed by atoms with Crippen LogP contribution in [-0.2, 0) is 4.79 Å². The van der Waals surface area contributed by atoms with E-state index in [2.05, 4.69) is 21.2 Å². The van der Waals surface area contributed by atoms with Crippen LogP contribution in [0.1, 0.15) is 24.0 Å². The Bertz CT molecular complexity index is 628. The molecular weight excluding hydrogens is 321 g/mol. The van der Waals surface area contributed by atoms with Gasteiger partial charge in [0.15, 0.2) is 0 Å². The Hall–Kier alpha value is -1.68. The van der Waals surface area contributed by atoms with Gasteiger partial charge in [0, 0.05) is 5.69 Å². The topological polar surface area (TPSA) is 29.1 Å². The molecule has 1 N–H and O–H groups in total. The van der Waals surface area contributed by atoms with Gasteiger partial charge in [-0.15, -0.1) is 0 Å². The fourth-order valence-electron chi connectivity index (χ4n) is 1.92. The molecule has 20 heavy (non-hydrogen) atoms. The first-order valence-corrected chi connectivity index (χ1v) is 7.10. The van der Waals surface area contributed by atoms with Gasteiger partial charge < -0.3 is 5.32 Å². The number of nitrogens with one attached hydrogen (secondary N) is 1. The minimum Gasteiger partial charge on any atom is -0.325 e. The van der Waals surface area contributed by atoms with E-state index in [0.717, 1.165) is 5.56 Å². The van der Waals surface area contributed by atoms with E-state index in [0.29, 0.717) is 15.7 Å². The molecule has 0 radical (unpaired) electrons. The maximum Gasteiger partial charge on any atom is 0.231 e. The lowest BCUT2D eigenvalue weighted by Gasteiger charge is -2.14. The summed E-state index contributed by atoms with van der Waals surface area (Å²) >= 11 is 3.13. The molecule has 4 heteroatoms. The predicted molar refractivity (Wildman–Crippen MR) is 82.3 cm³/mol. The molecule has 2 rings (SSSR count). The lowest BCUT2D eigenvalue weighted by Crippen LogP contribution is -2.19. The van der Waals surface area contributed by atoms with Gasteiger partial charge in [-0.25, -0.2) is 4.39 Å². The van der Waals surface area contributed by atoms with Gasteiger partial charge in [0.05, 0.1) is 10.4 Å². The highest BCUT2D eigenvalue weighted by Gasteiger charge is 2.16. The SMILES string of the molecule is Cc1cc(F)c(Br)cc1NC(=O)C(C)c1ccccc1. The first-order valence-electron chi connectivity index (χ1n) is 6.30. The quantitative estimate of drug-likeness (QED) is 0.869. The molecule has 1 amide bonds. The second kappa shape index (κ2) is 6.18. The van der Waals surface area contributed by atoms with E-state index in [9.17, 15) is 9.18 Å². The van der Waals surface area contributed by atoms with Crippen LogP contribution in [0, 0.1) is 12.7 Å². The zero-order valence-corrected chi connectivity index (χ0v) is 12.9. The lowest BCUT2D eigenvalue weighted by molar-refractivity contribution is -0.117. The molecule has 0 aliphatic carbocycles. The van der Waals surface area contributed by atoms with Gasteiger partial charge in [0.1, 0.15) is 5.82 Å². The number of carbonyl (C=O) groups is 1. The molecule has 0 fully saturated rings.